The molecule has 1 aromatic carbocycles. The third-order valence-corrected chi connectivity index (χ3v) is 6.50. The summed E-state index contributed by atoms with van der Waals surface area (Å²) in [6.07, 6.45) is 5.88. The second-order valence-corrected chi connectivity index (χ2v) is 8.03. The molecule has 0 spiro atoms. The van der Waals surface area contributed by atoms with E-state index in [0.29, 0.717) is 16.9 Å². The highest BCUT2D eigenvalue weighted by Crippen LogP contribution is 2.57. The van der Waals surface area contributed by atoms with E-state index in [1.54, 1.807) is 0 Å². The highest BCUT2D eigenvalue weighted by Gasteiger charge is 2.46. The Bertz CT molecular complexity index is 830. The Balaban J connectivity index is 1.79. The molecule has 0 amide bonds. The molecule has 4 nitrogen and oxygen atoms in total. The fourth-order valence-electron chi connectivity index (χ4n) is 5.51. The van der Waals surface area contributed by atoms with Gasteiger partial charge in [0.1, 0.15) is 0 Å². The summed E-state index contributed by atoms with van der Waals surface area (Å²) in [5.74, 6) is 1.31. The van der Waals surface area contributed by atoms with Gasteiger partial charge in [-0.25, -0.2) is 9.48 Å². The van der Waals surface area contributed by atoms with Gasteiger partial charge in [-0.3, -0.25) is 0 Å². The Morgan fingerprint density at radius 1 is 1.08 bits per heavy atom. The first-order chi connectivity index (χ1) is 11.6. The topological polar surface area (TPSA) is 55.1 Å². The normalized spacial score (nSPS) is 30.2. The molecular formula is C19H19ClN2O2. The largest absolute Gasteiger partial charge is 0.476 e. The van der Waals surface area contributed by atoms with Gasteiger partial charge >= 0.3 is 5.97 Å². The Labute approximate surface area is 145 Å². The predicted octanol–water partition coefficient (Wildman–Crippen LogP) is 4.61. The SMILES string of the molecule is O=C(O)c1nn(-c2ccccc2Cl)c2c1C1CC3CC(C1)CC2C3. The molecule has 1 N–H and O–H groups in total. The van der Waals surface area contributed by atoms with Crippen LogP contribution in [0.1, 0.15) is 65.7 Å². The van der Waals surface area contributed by atoms with Crippen LogP contribution < -0.4 is 0 Å². The third-order valence-electron chi connectivity index (χ3n) is 6.18. The summed E-state index contributed by atoms with van der Waals surface area (Å²) in [5, 5.41) is 14.9. The number of carbonyl (C=O) groups is 1. The van der Waals surface area contributed by atoms with E-state index in [-0.39, 0.29) is 5.69 Å². The van der Waals surface area contributed by atoms with Gasteiger partial charge in [-0.1, -0.05) is 23.7 Å². The number of rotatable bonds is 2. The molecule has 0 radical (unpaired) electrons. The van der Waals surface area contributed by atoms with Gasteiger partial charge in [-0.15, -0.1) is 0 Å². The summed E-state index contributed by atoms with van der Waals surface area (Å²) in [7, 11) is 0. The predicted molar refractivity (Wildman–Crippen MR) is 91.1 cm³/mol. The number of aromatic carboxylic acids is 1. The number of hydrogen-bond acceptors (Lipinski definition) is 2. The van der Waals surface area contributed by atoms with Gasteiger partial charge in [0.25, 0.3) is 0 Å². The zero-order valence-corrected chi connectivity index (χ0v) is 14.0. The minimum absolute atomic E-state index is 0.239. The molecule has 2 aromatic rings. The Morgan fingerprint density at radius 2 is 1.75 bits per heavy atom. The Kier molecular flexibility index (Phi) is 3.08. The molecule has 5 heteroatoms. The molecule has 0 aliphatic heterocycles. The van der Waals surface area contributed by atoms with E-state index in [4.69, 9.17) is 11.6 Å². The number of aromatic nitrogens is 2. The maximum Gasteiger partial charge on any atom is 0.356 e. The van der Waals surface area contributed by atoms with Crippen molar-refractivity contribution < 1.29 is 9.90 Å². The van der Waals surface area contributed by atoms with Gasteiger partial charge in [-0.05, 0) is 62.0 Å². The van der Waals surface area contributed by atoms with Gasteiger partial charge in [-0.2, -0.15) is 5.10 Å². The highest BCUT2D eigenvalue weighted by molar-refractivity contribution is 6.32. The average molecular weight is 343 g/mol. The fraction of sp³-hybridized carbons (Fsp3) is 0.474. The van der Waals surface area contributed by atoms with Crippen molar-refractivity contribution >= 4 is 17.6 Å². The van der Waals surface area contributed by atoms with Crippen LogP contribution in [-0.4, -0.2) is 20.9 Å². The second kappa shape index (κ2) is 5.09. The zero-order valence-electron chi connectivity index (χ0n) is 13.3. The van der Waals surface area contributed by atoms with E-state index in [9.17, 15) is 9.90 Å². The lowest BCUT2D eigenvalue weighted by atomic mass is 9.67. The van der Waals surface area contributed by atoms with Crippen LogP contribution in [0, 0.1) is 11.8 Å². The van der Waals surface area contributed by atoms with Gasteiger partial charge in [0.05, 0.1) is 16.4 Å². The zero-order chi connectivity index (χ0) is 16.4. The van der Waals surface area contributed by atoms with Crippen LogP contribution in [0.3, 0.4) is 0 Å². The minimum atomic E-state index is -0.918. The van der Waals surface area contributed by atoms with Crippen LogP contribution in [-0.2, 0) is 0 Å². The molecular weight excluding hydrogens is 324 g/mol. The molecule has 2 saturated carbocycles. The van der Waals surface area contributed by atoms with Gasteiger partial charge in [0.15, 0.2) is 5.69 Å². The first-order valence-electron chi connectivity index (χ1n) is 8.72. The first kappa shape index (κ1) is 14.5. The van der Waals surface area contributed by atoms with Crippen molar-refractivity contribution in [2.45, 2.75) is 43.9 Å². The third kappa shape index (κ3) is 1.99. The van der Waals surface area contributed by atoms with Crippen molar-refractivity contribution in [2.24, 2.45) is 11.8 Å². The maximum atomic E-state index is 11.9. The fourth-order valence-corrected chi connectivity index (χ4v) is 5.73. The van der Waals surface area contributed by atoms with E-state index in [0.717, 1.165) is 54.5 Å². The molecule has 2 atom stereocenters. The van der Waals surface area contributed by atoms with E-state index in [1.807, 2.05) is 28.9 Å². The van der Waals surface area contributed by atoms with E-state index >= 15 is 0 Å². The second-order valence-electron chi connectivity index (χ2n) is 7.62. The van der Waals surface area contributed by atoms with Crippen LogP contribution in [0.2, 0.25) is 5.02 Å². The van der Waals surface area contributed by atoms with Crippen LogP contribution in [0.4, 0.5) is 0 Å². The van der Waals surface area contributed by atoms with E-state index in [1.165, 1.54) is 6.42 Å². The van der Waals surface area contributed by atoms with E-state index < -0.39 is 5.97 Å². The summed E-state index contributed by atoms with van der Waals surface area (Å²) < 4.78 is 1.84. The molecule has 2 unspecified atom stereocenters. The van der Waals surface area contributed by atoms with Crippen LogP contribution in [0.15, 0.2) is 24.3 Å². The lowest BCUT2D eigenvalue weighted by Crippen LogP contribution is -2.26. The number of carboxylic acid groups (broad SMARTS) is 1. The van der Waals surface area contributed by atoms with Gasteiger partial charge in [0.2, 0.25) is 0 Å². The quantitative estimate of drug-likeness (QED) is 0.866. The van der Waals surface area contributed by atoms with Gasteiger partial charge in [0, 0.05) is 11.5 Å². The number of halogens is 1. The van der Waals surface area contributed by atoms with Crippen molar-refractivity contribution in [1.82, 2.24) is 9.78 Å². The summed E-state index contributed by atoms with van der Waals surface area (Å²) >= 11 is 6.40. The molecule has 124 valence electrons. The number of nitrogens with zero attached hydrogens (tertiary/aromatic N) is 2. The Morgan fingerprint density at radius 3 is 2.42 bits per heavy atom. The Hall–Kier alpha value is -1.81. The first-order valence-corrected chi connectivity index (χ1v) is 9.10. The number of carboxylic acids is 1. The average Bonchev–Trinajstić information content (AvgIpc) is 2.86. The monoisotopic (exact) mass is 342 g/mol. The summed E-state index contributed by atoms with van der Waals surface area (Å²) in [6, 6.07) is 7.58. The highest BCUT2D eigenvalue weighted by atomic mass is 35.5. The maximum absolute atomic E-state index is 11.9. The smallest absolute Gasteiger partial charge is 0.356 e. The van der Waals surface area contributed by atoms with Crippen molar-refractivity contribution in [1.29, 1.82) is 0 Å². The lowest BCUT2D eigenvalue weighted by Gasteiger charge is -2.38. The molecule has 24 heavy (non-hydrogen) atoms. The molecule has 4 aliphatic rings. The molecule has 0 saturated heterocycles. The van der Waals surface area contributed by atoms with Crippen molar-refractivity contribution in [3.05, 3.63) is 46.2 Å². The molecule has 1 heterocycles. The lowest BCUT2D eigenvalue weighted by molar-refractivity contribution is 0.0686. The molecule has 2 fully saturated rings. The van der Waals surface area contributed by atoms with Gasteiger partial charge < -0.3 is 5.11 Å². The van der Waals surface area contributed by atoms with Crippen LogP contribution in [0.25, 0.3) is 5.69 Å². The van der Waals surface area contributed by atoms with Crippen molar-refractivity contribution in [2.75, 3.05) is 0 Å². The molecule has 6 rings (SSSR count). The number of para-hydroxylation sites is 1. The minimum Gasteiger partial charge on any atom is -0.476 e. The summed E-state index contributed by atoms with van der Waals surface area (Å²) in [5.41, 5.74) is 3.15. The number of hydrogen-bond donors (Lipinski definition) is 1. The molecule has 4 aliphatic carbocycles. The van der Waals surface area contributed by atoms with Crippen LogP contribution in [0.5, 0.6) is 0 Å². The summed E-state index contributed by atoms with van der Waals surface area (Å²) in [6.45, 7) is 0. The van der Waals surface area contributed by atoms with Crippen molar-refractivity contribution in [3.63, 3.8) is 0 Å². The summed E-state index contributed by atoms with van der Waals surface area (Å²) in [4.78, 5) is 11.9. The van der Waals surface area contributed by atoms with Crippen molar-refractivity contribution in [3.8, 4) is 5.69 Å². The molecule has 1 aromatic heterocycles. The standard InChI is InChI=1S/C19H19ClN2O2/c20-14-3-1-2-4-15(14)22-18-13-8-10-5-11(9-13)7-12(6-10)16(18)17(21-22)19(23)24/h1-4,10-13H,5-9H2,(H,23,24). The molecule has 4 bridgehead atoms. The van der Waals surface area contributed by atoms with Crippen LogP contribution >= 0.6 is 11.6 Å². The number of benzene rings is 1. The van der Waals surface area contributed by atoms with E-state index in [2.05, 4.69) is 5.10 Å².